The Labute approximate surface area is 150 Å². The highest BCUT2D eigenvalue weighted by Crippen LogP contribution is 2.44. The standard InChI is InChI=1S/C22H27NO2/c1-16(2)23-21(18-12-14-19(25-3)15-13-18)20(22(23)24)11-7-10-17-8-5-4-6-9-17/h4-6,8-9,12-16,20-21H,7,10-11H2,1-3H3/t20-,21-/m1/s1. The van der Waals surface area contributed by atoms with Crippen LogP contribution in [0.1, 0.15) is 43.9 Å². The molecule has 1 fully saturated rings. The minimum atomic E-state index is 0.0968. The van der Waals surface area contributed by atoms with E-state index in [1.54, 1.807) is 7.11 Å². The minimum Gasteiger partial charge on any atom is -0.497 e. The van der Waals surface area contributed by atoms with E-state index < -0.39 is 0 Å². The van der Waals surface area contributed by atoms with Crippen LogP contribution in [0.4, 0.5) is 0 Å². The van der Waals surface area contributed by atoms with E-state index in [0.29, 0.717) is 5.91 Å². The maximum Gasteiger partial charge on any atom is 0.228 e. The van der Waals surface area contributed by atoms with Gasteiger partial charge in [0.15, 0.2) is 0 Å². The monoisotopic (exact) mass is 337 g/mol. The summed E-state index contributed by atoms with van der Waals surface area (Å²) in [5, 5.41) is 0. The van der Waals surface area contributed by atoms with Gasteiger partial charge in [0.05, 0.1) is 19.1 Å². The number of aryl methyl sites for hydroxylation is 1. The van der Waals surface area contributed by atoms with E-state index in [2.05, 4.69) is 50.2 Å². The van der Waals surface area contributed by atoms with Crippen LogP contribution in [0.15, 0.2) is 54.6 Å². The van der Waals surface area contributed by atoms with Crippen molar-refractivity contribution in [3.8, 4) is 5.75 Å². The van der Waals surface area contributed by atoms with Gasteiger partial charge in [-0.3, -0.25) is 4.79 Å². The molecule has 25 heavy (non-hydrogen) atoms. The summed E-state index contributed by atoms with van der Waals surface area (Å²) in [6.07, 6.45) is 3.01. The third-order valence-electron chi connectivity index (χ3n) is 5.09. The van der Waals surface area contributed by atoms with E-state index in [4.69, 9.17) is 4.74 Å². The van der Waals surface area contributed by atoms with E-state index in [0.717, 1.165) is 25.0 Å². The fraction of sp³-hybridized carbons (Fsp3) is 0.409. The zero-order valence-electron chi connectivity index (χ0n) is 15.3. The Bertz CT molecular complexity index is 694. The summed E-state index contributed by atoms with van der Waals surface area (Å²) < 4.78 is 5.26. The van der Waals surface area contributed by atoms with Crippen molar-refractivity contribution in [3.05, 3.63) is 65.7 Å². The molecule has 0 N–H and O–H groups in total. The Hall–Kier alpha value is -2.29. The molecule has 1 heterocycles. The number of amides is 1. The van der Waals surface area contributed by atoms with Gasteiger partial charge in [-0.2, -0.15) is 0 Å². The van der Waals surface area contributed by atoms with Gasteiger partial charge < -0.3 is 9.64 Å². The summed E-state index contributed by atoms with van der Waals surface area (Å²) in [6.45, 7) is 4.18. The van der Waals surface area contributed by atoms with Crippen LogP contribution in [-0.4, -0.2) is 24.0 Å². The summed E-state index contributed by atoms with van der Waals surface area (Å²) in [5.74, 6) is 1.24. The highest BCUT2D eigenvalue weighted by Gasteiger charge is 2.48. The summed E-state index contributed by atoms with van der Waals surface area (Å²) in [6, 6.07) is 19.1. The molecule has 0 radical (unpaired) electrons. The lowest BCUT2D eigenvalue weighted by atomic mass is 9.78. The van der Waals surface area contributed by atoms with Crippen LogP contribution in [-0.2, 0) is 11.2 Å². The number of hydrogen-bond acceptors (Lipinski definition) is 2. The van der Waals surface area contributed by atoms with E-state index in [9.17, 15) is 4.79 Å². The smallest absolute Gasteiger partial charge is 0.228 e. The molecule has 0 spiro atoms. The van der Waals surface area contributed by atoms with Crippen molar-refractivity contribution in [2.75, 3.05) is 7.11 Å². The van der Waals surface area contributed by atoms with Crippen LogP contribution in [0.25, 0.3) is 0 Å². The molecule has 0 unspecified atom stereocenters. The van der Waals surface area contributed by atoms with Gasteiger partial charge in [0.2, 0.25) is 5.91 Å². The Balaban J connectivity index is 1.69. The SMILES string of the molecule is COc1ccc([C@@H]2[C@@H](CCCc3ccccc3)C(=O)N2C(C)C)cc1. The van der Waals surface area contributed by atoms with Crippen molar-refractivity contribution in [2.24, 2.45) is 5.92 Å². The highest BCUT2D eigenvalue weighted by molar-refractivity contribution is 5.86. The normalized spacial score (nSPS) is 19.8. The van der Waals surface area contributed by atoms with Crippen molar-refractivity contribution < 1.29 is 9.53 Å². The summed E-state index contributed by atoms with van der Waals surface area (Å²) in [7, 11) is 1.68. The van der Waals surface area contributed by atoms with E-state index in [1.807, 2.05) is 23.1 Å². The average molecular weight is 337 g/mol. The molecule has 3 rings (SSSR count). The van der Waals surface area contributed by atoms with Crippen molar-refractivity contribution in [2.45, 2.75) is 45.2 Å². The van der Waals surface area contributed by atoms with Gasteiger partial charge in [-0.05, 0) is 56.4 Å². The molecule has 2 aromatic rings. The Morgan fingerprint density at radius 2 is 1.72 bits per heavy atom. The molecular formula is C22H27NO2. The second kappa shape index (κ2) is 7.73. The first-order valence-corrected chi connectivity index (χ1v) is 9.12. The number of benzene rings is 2. The van der Waals surface area contributed by atoms with Crippen LogP contribution < -0.4 is 4.74 Å². The number of carbonyl (C=O) groups excluding carboxylic acids is 1. The zero-order valence-corrected chi connectivity index (χ0v) is 15.3. The van der Waals surface area contributed by atoms with E-state index in [1.165, 1.54) is 11.1 Å². The molecule has 132 valence electrons. The van der Waals surface area contributed by atoms with Crippen LogP contribution in [0.2, 0.25) is 0 Å². The lowest BCUT2D eigenvalue weighted by molar-refractivity contribution is -0.161. The first-order valence-electron chi connectivity index (χ1n) is 9.12. The third-order valence-corrected chi connectivity index (χ3v) is 5.09. The number of likely N-dealkylation sites (tertiary alicyclic amines) is 1. The van der Waals surface area contributed by atoms with Gasteiger partial charge in [0.1, 0.15) is 5.75 Å². The molecular weight excluding hydrogens is 310 g/mol. The van der Waals surface area contributed by atoms with Crippen molar-refractivity contribution >= 4 is 5.91 Å². The summed E-state index contributed by atoms with van der Waals surface area (Å²) >= 11 is 0. The maximum atomic E-state index is 12.7. The van der Waals surface area contributed by atoms with Gasteiger partial charge in [-0.15, -0.1) is 0 Å². The molecule has 2 aromatic carbocycles. The first-order chi connectivity index (χ1) is 12.1. The number of β-lactam (4-membered cyclic amide) rings is 1. The van der Waals surface area contributed by atoms with Crippen molar-refractivity contribution in [1.29, 1.82) is 0 Å². The van der Waals surface area contributed by atoms with Gasteiger partial charge in [0, 0.05) is 6.04 Å². The van der Waals surface area contributed by atoms with Gasteiger partial charge in [-0.1, -0.05) is 42.5 Å². The molecule has 1 aliphatic heterocycles. The highest BCUT2D eigenvalue weighted by atomic mass is 16.5. The average Bonchev–Trinajstić information content (AvgIpc) is 2.63. The lowest BCUT2D eigenvalue weighted by Gasteiger charge is -2.50. The predicted molar refractivity (Wildman–Crippen MR) is 101 cm³/mol. The van der Waals surface area contributed by atoms with Gasteiger partial charge in [0.25, 0.3) is 0 Å². The molecule has 3 heteroatoms. The first kappa shape index (κ1) is 17.5. The topological polar surface area (TPSA) is 29.5 Å². The van der Waals surface area contributed by atoms with Crippen molar-refractivity contribution in [1.82, 2.24) is 4.90 Å². The minimum absolute atomic E-state index is 0.0968. The lowest BCUT2D eigenvalue weighted by Crippen LogP contribution is -2.57. The second-order valence-corrected chi connectivity index (χ2v) is 7.04. The third kappa shape index (κ3) is 3.71. The molecule has 3 nitrogen and oxygen atoms in total. The van der Waals surface area contributed by atoms with Crippen LogP contribution >= 0.6 is 0 Å². The predicted octanol–water partition coefficient (Wildman–Crippen LogP) is 4.63. The van der Waals surface area contributed by atoms with Crippen LogP contribution in [0.3, 0.4) is 0 Å². The summed E-state index contributed by atoms with van der Waals surface area (Å²) in [4.78, 5) is 14.7. The Kier molecular flexibility index (Phi) is 5.42. The fourth-order valence-corrected chi connectivity index (χ4v) is 3.80. The van der Waals surface area contributed by atoms with E-state index in [-0.39, 0.29) is 18.0 Å². The second-order valence-electron chi connectivity index (χ2n) is 7.04. The number of methoxy groups -OCH3 is 1. The molecule has 0 aromatic heterocycles. The van der Waals surface area contributed by atoms with Crippen LogP contribution in [0, 0.1) is 5.92 Å². The van der Waals surface area contributed by atoms with Gasteiger partial charge in [-0.25, -0.2) is 0 Å². The Morgan fingerprint density at radius 3 is 2.32 bits per heavy atom. The van der Waals surface area contributed by atoms with Crippen molar-refractivity contribution in [3.63, 3.8) is 0 Å². The fourth-order valence-electron chi connectivity index (χ4n) is 3.80. The van der Waals surface area contributed by atoms with Crippen LogP contribution in [0.5, 0.6) is 5.75 Å². The largest absolute Gasteiger partial charge is 0.497 e. The Morgan fingerprint density at radius 1 is 1.04 bits per heavy atom. The molecule has 1 amide bonds. The maximum absolute atomic E-state index is 12.7. The molecule has 0 bridgehead atoms. The van der Waals surface area contributed by atoms with Gasteiger partial charge >= 0.3 is 0 Å². The van der Waals surface area contributed by atoms with E-state index >= 15 is 0 Å². The number of nitrogens with zero attached hydrogens (tertiary/aromatic N) is 1. The number of ether oxygens (including phenoxy) is 1. The number of carbonyl (C=O) groups is 1. The zero-order chi connectivity index (χ0) is 17.8. The molecule has 1 saturated heterocycles. The summed E-state index contributed by atoms with van der Waals surface area (Å²) in [5.41, 5.74) is 2.55. The number of hydrogen-bond donors (Lipinski definition) is 0. The molecule has 0 aliphatic carbocycles. The molecule has 1 aliphatic rings. The number of rotatable bonds is 7. The molecule has 0 saturated carbocycles. The molecule has 2 atom stereocenters. The quantitative estimate of drug-likeness (QED) is 0.690.